The van der Waals surface area contributed by atoms with E-state index in [2.05, 4.69) is 5.32 Å². The van der Waals surface area contributed by atoms with Crippen molar-refractivity contribution in [2.24, 2.45) is 0 Å². The predicted octanol–water partition coefficient (Wildman–Crippen LogP) is 3.70. The van der Waals surface area contributed by atoms with E-state index < -0.39 is 17.6 Å². The molecule has 4 nitrogen and oxygen atoms in total. The monoisotopic (exact) mass is 298 g/mol. The first-order valence-corrected chi connectivity index (χ1v) is 6.18. The van der Waals surface area contributed by atoms with E-state index in [1.165, 1.54) is 12.1 Å². The summed E-state index contributed by atoms with van der Waals surface area (Å²) in [4.78, 5) is 11.9. The highest BCUT2D eigenvalue weighted by Crippen LogP contribution is 2.36. The van der Waals surface area contributed by atoms with Gasteiger partial charge < -0.3 is 15.5 Å². The molecule has 0 aliphatic rings. The van der Waals surface area contributed by atoms with E-state index in [4.69, 9.17) is 10.2 Å². The topological polar surface area (TPSA) is 68.3 Å². The minimum atomic E-state index is -4.62. The molecule has 0 saturated heterocycles. The highest BCUT2D eigenvalue weighted by molar-refractivity contribution is 6.02. The van der Waals surface area contributed by atoms with Crippen LogP contribution in [-0.2, 0) is 12.6 Å². The van der Waals surface area contributed by atoms with Gasteiger partial charge in [0.1, 0.15) is 5.76 Å². The lowest BCUT2D eigenvalue weighted by molar-refractivity contribution is -0.136. The number of halogens is 3. The van der Waals surface area contributed by atoms with Crippen molar-refractivity contribution < 1.29 is 22.4 Å². The number of nitrogens with two attached hydrogens (primary N) is 1. The van der Waals surface area contributed by atoms with Gasteiger partial charge >= 0.3 is 6.18 Å². The van der Waals surface area contributed by atoms with Crippen LogP contribution in [0.1, 0.15) is 28.8 Å². The van der Waals surface area contributed by atoms with Crippen molar-refractivity contribution in [2.75, 3.05) is 11.1 Å². The summed E-state index contributed by atoms with van der Waals surface area (Å²) in [5.74, 6) is -0.213. The molecule has 1 aromatic carbocycles. The lowest BCUT2D eigenvalue weighted by Gasteiger charge is -2.13. The molecule has 21 heavy (non-hydrogen) atoms. The van der Waals surface area contributed by atoms with Crippen molar-refractivity contribution in [2.45, 2.75) is 19.5 Å². The van der Waals surface area contributed by atoms with Crippen LogP contribution in [0.3, 0.4) is 0 Å². The van der Waals surface area contributed by atoms with E-state index in [1.54, 1.807) is 6.07 Å². The molecule has 0 bridgehead atoms. The molecule has 1 amide bonds. The molecule has 0 spiro atoms. The Kier molecular flexibility index (Phi) is 3.93. The second-order valence-electron chi connectivity index (χ2n) is 4.38. The Morgan fingerprint density at radius 1 is 1.29 bits per heavy atom. The Morgan fingerprint density at radius 3 is 2.57 bits per heavy atom. The first-order valence-electron chi connectivity index (χ1n) is 6.18. The molecule has 1 heterocycles. The SMILES string of the molecule is CCc1ccc(C(=O)Nc2ccc(N)cc2C(F)(F)F)o1. The number of nitrogen functional groups attached to an aromatic ring is 1. The Morgan fingerprint density at radius 2 is 2.00 bits per heavy atom. The number of benzene rings is 1. The van der Waals surface area contributed by atoms with E-state index in [0.717, 1.165) is 12.1 Å². The molecule has 7 heteroatoms. The predicted molar refractivity (Wildman–Crippen MR) is 71.9 cm³/mol. The van der Waals surface area contributed by atoms with Crippen molar-refractivity contribution in [3.8, 4) is 0 Å². The van der Waals surface area contributed by atoms with Crippen LogP contribution in [0.15, 0.2) is 34.7 Å². The van der Waals surface area contributed by atoms with Crippen LogP contribution in [0, 0.1) is 0 Å². The van der Waals surface area contributed by atoms with Crippen molar-refractivity contribution in [1.82, 2.24) is 0 Å². The first-order chi connectivity index (χ1) is 9.81. The first kappa shape index (κ1) is 15.0. The number of alkyl halides is 3. The van der Waals surface area contributed by atoms with E-state index in [1.807, 2.05) is 6.92 Å². The smallest absolute Gasteiger partial charge is 0.418 e. The van der Waals surface area contributed by atoms with Crippen molar-refractivity contribution in [3.63, 3.8) is 0 Å². The fourth-order valence-corrected chi connectivity index (χ4v) is 1.78. The average molecular weight is 298 g/mol. The Bertz CT molecular complexity index is 662. The van der Waals surface area contributed by atoms with Crippen LogP contribution in [0.4, 0.5) is 24.5 Å². The van der Waals surface area contributed by atoms with Crippen LogP contribution in [0.25, 0.3) is 0 Å². The molecule has 0 radical (unpaired) electrons. The maximum Gasteiger partial charge on any atom is 0.418 e. The largest absolute Gasteiger partial charge is 0.456 e. The number of hydrogen-bond donors (Lipinski definition) is 2. The molecule has 0 aliphatic heterocycles. The molecule has 1 aromatic heterocycles. The maximum atomic E-state index is 12.9. The molecule has 3 N–H and O–H groups in total. The summed E-state index contributed by atoms with van der Waals surface area (Å²) in [6, 6.07) is 6.18. The molecule has 0 saturated carbocycles. The zero-order valence-electron chi connectivity index (χ0n) is 11.1. The maximum absolute atomic E-state index is 12.9. The van der Waals surface area contributed by atoms with Gasteiger partial charge in [0.15, 0.2) is 5.76 Å². The van der Waals surface area contributed by atoms with E-state index in [0.29, 0.717) is 12.2 Å². The fraction of sp³-hybridized carbons (Fsp3) is 0.214. The van der Waals surface area contributed by atoms with Crippen molar-refractivity contribution in [3.05, 3.63) is 47.4 Å². The quantitative estimate of drug-likeness (QED) is 0.849. The minimum Gasteiger partial charge on any atom is -0.456 e. The summed E-state index contributed by atoms with van der Waals surface area (Å²) in [7, 11) is 0. The van der Waals surface area contributed by atoms with E-state index in [9.17, 15) is 18.0 Å². The zero-order chi connectivity index (χ0) is 15.6. The Balaban J connectivity index is 2.29. The molecule has 0 aliphatic carbocycles. The van der Waals surface area contributed by atoms with Gasteiger partial charge in [-0.2, -0.15) is 13.2 Å². The molecular formula is C14H13F3N2O2. The summed E-state index contributed by atoms with van der Waals surface area (Å²) in [5.41, 5.74) is 3.95. The summed E-state index contributed by atoms with van der Waals surface area (Å²) < 4.78 is 43.9. The molecule has 0 unspecified atom stereocenters. The van der Waals surface area contributed by atoms with E-state index in [-0.39, 0.29) is 17.1 Å². The summed E-state index contributed by atoms with van der Waals surface area (Å²) in [6.45, 7) is 1.84. The molecule has 2 aromatic rings. The van der Waals surface area contributed by atoms with Crippen LogP contribution in [-0.4, -0.2) is 5.91 Å². The van der Waals surface area contributed by atoms with Gasteiger partial charge in [-0.25, -0.2) is 0 Å². The molecular weight excluding hydrogens is 285 g/mol. The van der Waals surface area contributed by atoms with E-state index >= 15 is 0 Å². The van der Waals surface area contributed by atoms with Gasteiger partial charge in [-0.15, -0.1) is 0 Å². The van der Waals surface area contributed by atoms with Crippen LogP contribution >= 0.6 is 0 Å². The fourth-order valence-electron chi connectivity index (χ4n) is 1.78. The van der Waals surface area contributed by atoms with Gasteiger partial charge in [0.05, 0.1) is 11.3 Å². The lowest BCUT2D eigenvalue weighted by atomic mass is 10.1. The number of hydrogen-bond acceptors (Lipinski definition) is 3. The Labute approximate surface area is 118 Å². The van der Waals surface area contributed by atoms with Crippen LogP contribution in [0.5, 0.6) is 0 Å². The molecule has 112 valence electrons. The zero-order valence-corrected chi connectivity index (χ0v) is 11.1. The van der Waals surface area contributed by atoms with Gasteiger partial charge in [-0.3, -0.25) is 4.79 Å². The van der Waals surface area contributed by atoms with Crippen molar-refractivity contribution >= 4 is 17.3 Å². The minimum absolute atomic E-state index is 0.0356. The number of aryl methyl sites for hydroxylation is 1. The molecule has 0 fully saturated rings. The highest BCUT2D eigenvalue weighted by Gasteiger charge is 2.34. The third kappa shape index (κ3) is 3.36. The van der Waals surface area contributed by atoms with Gasteiger partial charge in [-0.1, -0.05) is 6.92 Å². The number of amides is 1. The standard InChI is InChI=1S/C14H13F3N2O2/c1-2-9-4-6-12(21-9)13(20)19-11-5-3-8(18)7-10(11)14(15,16)17/h3-7H,2,18H2,1H3,(H,19,20). The molecule has 2 rings (SSSR count). The summed E-state index contributed by atoms with van der Waals surface area (Å²) >= 11 is 0. The van der Waals surface area contributed by atoms with Gasteiger partial charge in [0.25, 0.3) is 5.91 Å². The number of nitrogens with one attached hydrogen (secondary N) is 1. The highest BCUT2D eigenvalue weighted by atomic mass is 19.4. The average Bonchev–Trinajstić information content (AvgIpc) is 2.88. The van der Waals surface area contributed by atoms with Gasteiger partial charge in [-0.05, 0) is 30.3 Å². The Hall–Kier alpha value is -2.44. The number of furan rings is 1. The number of rotatable bonds is 3. The summed E-state index contributed by atoms with van der Waals surface area (Å²) in [6.07, 6.45) is -4.03. The second-order valence-corrected chi connectivity index (χ2v) is 4.38. The van der Waals surface area contributed by atoms with Crippen LogP contribution < -0.4 is 11.1 Å². The third-order valence-electron chi connectivity index (χ3n) is 2.83. The number of carbonyl (C=O) groups excluding carboxylic acids is 1. The molecule has 0 atom stereocenters. The van der Waals surface area contributed by atoms with Gasteiger partial charge in [0, 0.05) is 12.1 Å². The second kappa shape index (κ2) is 5.51. The normalized spacial score (nSPS) is 11.4. The van der Waals surface area contributed by atoms with Crippen molar-refractivity contribution in [1.29, 1.82) is 0 Å². The number of carbonyl (C=O) groups is 1. The lowest BCUT2D eigenvalue weighted by Crippen LogP contribution is -2.16. The summed E-state index contributed by atoms with van der Waals surface area (Å²) in [5, 5.41) is 2.19. The van der Waals surface area contributed by atoms with Gasteiger partial charge in [0.2, 0.25) is 0 Å². The number of anilines is 2. The third-order valence-corrected chi connectivity index (χ3v) is 2.83. The van der Waals surface area contributed by atoms with Crippen LogP contribution in [0.2, 0.25) is 0 Å².